The van der Waals surface area contributed by atoms with Crippen LogP contribution in [0.25, 0.3) is 11.5 Å². The Kier molecular flexibility index (Phi) is 5.25. The van der Waals surface area contributed by atoms with Crippen LogP contribution in [-0.4, -0.2) is 41.5 Å². The highest BCUT2D eigenvalue weighted by Gasteiger charge is 2.26. The molecule has 2 heterocycles. The fraction of sp³-hybridized carbons (Fsp3) is 0.444. The third-order valence-corrected chi connectivity index (χ3v) is 4.24. The van der Waals surface area contributed by atoms with Crippen molar-refractivity contribution in [3.63, 3.8) is 0 Å². The van der Waals surface area contributed by atoms with Gasteiger partial charge in [-0.05, 0) is 43.7 Å². The first-order chi connectivity index (χ1) is 11.7. The first-order valence-electron chi connectivity index (χ1n) is 8.38. The third kappa shape index (κ3) is 3.82. The van der Waals surface area contributed by atoms with E-state index in [1.807, 2.05) is 4.90 Å². The van der Waals surface area contributed by atoms with E-state index in [0.717, 1.165) is 32.5 Å². The van der Waals surface area contributed by atoms with Gasteiger partial charge in [-0.2, -0.15) is 0 Å². The van der Waals surface area contributed by atoms with Gasteiger partial charge < -0.3 is 14.6 Å². The van der Waals surface area contributed by atoms with Crippen molar-refractivity contribution in [2.45, 2.75) is 32.2 Å². The molecule has 24 heavy (non-hydrogen) atoms. The summed E-state index contributed by atoms with van der Waals surface area (Å²) >= 11 is 0. The zero-order valence-corrected chi connectivity index (χ0v) is 13.8. The molecule has 1 saturated heterocycles. The molecule has 2 aromatic rings. The Hall–Kier alpha value is -2.21. The first kappa shape index (κ1) is 16.6. The standard InChI is InChI=1S/C18H22FN3O2/c1-2-9-22(16-7-8-20-11-16)17(23)10-15-12-24-18(21-15)13-3-5-14(19)6-4-13/h3-6,12,16,20H,2,7-11H2,1H3. The van der Waals surface area contributed by atoms with E-state index in [2.05, 4.69) is 17.2 Å². The minimum absolute atomic E-state index is 0.0736. The number of hydrogen-bond donors (Lipinski definition) is 1. The number of carbonyl (C=O) groups is 1. The lowest BCUT2D eigenvalue weighted by Gasteiger charge is -2.28. The number of amides is 1. The van der Waals surface area contributed by atoms with Crippen molar-refractivity contribution in [3.05, 3.63) is 42.0 Å². The third-order valence-electron chi connectivity index (χ3n) is 4.24. The Balaban J connectivity index is 1.68. The van der Waals surface area contributed by atoms with Crippen LogP contribution in [0.5, 0.6) is 0 Å². The van der Waals surface area contributed by atoms with Gasteiger partial charge in [-0.1, -0.05) is 6.92 Å². The molecule has 1 aromatic heterocycles. The van der Waals surface area contributed by atoms with E-state index in [4.69, 9.17) is 4.42 Å². The van der Waals surface area contributed by atoms with Gasteiger partial charge in [0.25, 0.3) is 0 Å². The van der Waals surface area contributed by atoms with Gasteiger partial charge in [-0.25, -0.2) is 9.37 Å². The molecule has 0 saturated carbocycles. The summed E-state index contributed by atoms with van der Waals surface area (Å²) in [5, 5.41) is 3.30. The average Bonchev–Trinajstić information content (AvgIpc) is 3.25. The molecule has 0 radical (unpaired) electrons. The molecule has 6 heteroatoms. The summed E-state index contributed by atoms with van der Waals surface area (Å²) in [6.45, 7) is 4.64. The van der Waals surface area contributed by atoms with Gasteiger partial charge in [0.05, 0.1) is 12.1 Å². The Labute approximate surface area is 140 Å². The fourth-order valence-corrected chi connectivity index (χ4v) is 3.03. The molecule has 1 fully saturated rings. The van der Waals surface area contributed by atoms with Gasteiger partial charge in [-0.3, -0.25) is 4.79 Å². The second-order valence-corrected chi connectivity index (χ2v) is 6.06. The summed E-state index contributed by atoms with van der Waals surface area (Å²) in [6.07, 6.45) is 3.65. The Morgan fingerprint density at radius 2 is 2.21 bits per heavy atom. The number of carbonyl (C=O) groups excluding carboxylic acids is 1. The van der Waals surface area contributed by atoms with Crippen LogP contribution < -0.4 is 5.32 Å². The molecule has 128 valence electrons. The Bertz CT molecular complexity index is 678. The number of hydrogen-bond acceptors (Lipinski definition) is 4. The Morgan fingerprint density at radius 1 is 1.42 bits per heavy atom. The minimum atomic E-state index is -0.305. The van der Waals surface area contributed by atoms with Crippen molar-refractivity contribution < 1.29 is 13.6 Å². The van der Waals surface area contributed by atoms with Crippen molar-refractivity contribution in [2.75, 3.05) is 19.6 Å². The SMILES string of the molecule is CCCN(C(=O)Cc1coc(-c2ccc(F)cc2)n1)C1CCNC1. The predicted octanol–water partition coefficient (Wildman–Crippen LogP) is 2.62. The van der Waals surface area contributed by atoms with Gasteiger partial charge >= 0.3 is 0 Å². The van der Waals surface area contributed by atoms with Gasteiger partial charge in [0.15, 0.2) is 0 Å². The van der Waals surface area contributed by atoms with Crippen LogP contribution in [0.3, 0.4) is 0 Å². The molecule has 5 nitrogen and oxygen atoms in total. The molecule has 1 amide bonds. The predicted molar refractivity (Wildman–Crippen MR) is 88.9 cm³/mol. The molecule has 0 spiro atoms. The molecule has 1 unspecified atom stereocenters. The summed E-state index contributed by atoms with van der Waals surface area (Å²) in [5.41, 5.74) is 1.30. The summed E-state index contributed by atoms with van der Waals surface area (Å²) in [7, 11) is 0. The van der Waals surface area contributed by atoms with Crippen LogP contribution >= 0.6 is 0 Å². The van der Waals surface area contributed by atoms with E-state index in [1.54, 1.807) is 12.1 Å². The van der Waals surface area contributed by atoms with Crippen molar-refractivity contribution in [2.24, 2.45) is 0 Å². The molecular weight excluding hydrogens is 309 g/mol. The highest BCUT2D eigenvalue weighted by atomic mass is 19.1. The lowest BCUT2D eigenvalue weighted by Crippen LogP contribution is -2.42. The molecular formula is C18H22FN3O2. The van der Waals surface area contributed by atoms with E-state index in [-0.39, 0.29) is 24.2 Å². The van der Waals surface area contributed by atoms with E-state index in [1.165, 1.54) is 18.4 Å². The zero-order chi connectivity index (χ0) is 16.9. The van der Waals surface area contributed by atoms with Crippen molar-refractivity contribution in [1.29, 1.82) is 0 Å². The lowest BCUT2D eigenvalue weighted by molar-refractivity contribution is -0.132. The van der Waals surface area contributed by atoms with Gasteiger partial charge in [-0.15, -0.1) is 0 Å². The monoisotopic (exact) mass is 331 g/mol. The molecule has 1 N–H and O–H groups in total. The van der Waals surface area contributed by atoms with E-state index in [9.17, 15) is 9.18 Å². The van der Waals surface area contributed by atoms with Gasteiger partial charge in [0.1, 0.15) is 12.1 Å². The zero-order valence-electron chi connectivity index (χ0n) is 13.8. The molecule has 0 aliphatic carbocycles. The molecule has 1 atom stereocenters. The van der Waals surface area contributed by atoms with Crippen LogP contribution in [0.4, 0.5) is 4.39 Å². The Morgan fingerprint density at radius 3 is 2.88 bits per heavy atom. The van der Waals surface area contributed by atoms with Gasteiger partial charge in [0, 0.05) is 24.7 Å². The summed E-state index contributed by atoms with van der Waals surface area (Å²) < 4.78 is 18.4. The highest BCUT2D eigenvalue weighted by molar-refractivity contribution is 5.78. The van der Waals surface area contributed by atoms with Crippen LogP contribution in [-0.2, 0) is 11.2 Å². The van der Waals surface area contributed by atoms with Crippen LogP contribution in [0.15, 0.2) is 34.9 Å². The maximum Gasteiger partial charge on any atom is 0.229 e. The van der Waals surface area contributed by atoms with Gasteiger partial charge in [0.2, 0.25) is 11.8 Å². The largest absolute Gasteiger partial charge is 0.444 e. The summed E-state index contributed by atoms with van der Waals surface area (Å²) in [6, 6.07) is 6.21. The molecule has 0 bridgehead atoms. The quantitative estimate of drug-likeness (QED) is 0.884. The number of halogens is 1. The molecule has 3 rings (SSSR count). The van der Waals surface area contributed by atoms with E-state index < -0.39 is 0 Å². The fourth-order valence-electron chi connectivity index (χ4n) is 3.03. The average molecular weight is 331 g/mol. The van der Waals surface area contributed by atoms with Crippen LogP contribution in [0, 0.1) is 5.82 Å². The van der Waals surface area contributed by atoms with Crippen LogP contribution in [0.1, 0.15) is 25.5 Å². The topological polar surface area (TPSA) is 58.4 Å². The van der Waals surface area contributed by atoms with Crippen molar-refractivity contribution >= 4 is 5.91 Å². The second kappa shape index (κ2) is 7.57. The summed E-state index contributed by atoms with van der Waals surface area (Å²) in [4.78, 5) is 19.0. The number of benzene rings is 1. The van der Waals surface area contributed by atoms with Crippen molar-refractivity contribution in [1.82, 2.24) is 15.2 Å². The maximum absolute atomic E-state index is 13.0. The molecule has 1 aliphatic heterocycles. The normalized spacial score (nSPS) is 17.2. The molecule has 1 aromatic carbocycles. The van der Waals surface area contributed by atoms with Crippen molar-refractivity contribution in [3.8, 4) is 11.5 Å². The van der Waals surface area contributed by atoms with Crippen LogP contribution in [0.2, 0.25) is 0 Å². The van der Waals surface area contributed by atoms with E-state index in [0.29, 0.717) is 17.1 Å². The highest BCUT2D eigenvalue weighted by Crippen LogP contribution is 2.20. The number of oxazole rings is 1. The minimum Gasteiger partial charge on any atom is -0.444 e. The summed E-state index contributed by atoms with van der Waals surface area (Å²) in [5.74, 6) is 0.174. The maximum atomic E-state index is 13.0. The van der Waals surface area contributed by atoms with E-state index >= 15 is 0 Å². The number of nitrogens with zero attached hydrogens (tertiary/aromatic N) is 2. The molecule has 1 aliphatic rings. The first-order valence-corrected chi connectivity index (χ1v) is 8.38. The second-order valence-electron chi connectivity index (χ2n) is 6.06. The number of rotatable bonds is 6. The number of nitrogens with one attached hydrogen (secondary N) is 1. The number of aromatic nitrogens is 1. The smallest absolute Gasteiger partial charge is 0.229 e. The lowest BCUT2D eigenvalue weighted by atomic mass is 10.1.